The van der Waals surface area contributed by atoms with E-state index < -0.39 is 17.6 Å². The molecule has 2 rings (SSSR count). The van der Waals surface area contributed by atoms with E-state index in [0.717, 1.165) is 12.1 Å². The molecule has 3 nitrogen and oxygen atoms in total. The molecule has 0 saturated heterocycles. The van der Waals surface area contributed by atoms with Crippen LogP contribution in [0.1, 0.15) is 10.5 Å². The molecule has 18 heavy (non-hydrogen) atoms. The summed E-state index contributed by atoms with van der Waals surface area (Å²) in [6.07, 6.45) is 1.29. The van der Waals surface area contributed by atoms with E-state index in [9.17, 15) is 13.6 Å². The van der Waals surface area contributed by atoms with Crippen LogP contribution in [0.4, 0.5) is 8.78 Å². The van der Waals surface area contributed by atoms with Gasteiger partial charge in [0.1, 0.15) is 0 Å². The van der Waals surface area contributed by atoms with Gasteiger partial charge in [-0.3, -0.25) is 0 Å². The predicted octanol–water partition coefficient (Wildman–Crippen LogP) is 3.38. The molecule has 0 amide bonds. The van der Waals surface area contributed by atoms with E-state index in [1.807, 2.05) is 0 Å². The molecular weight excluding hydrogens is 264 g/mol. The first-order chi connectivity index (χ1) is 8.50. The molecule has 1 aromatic heterocycles. The minimum Gasteiger partial charge on any atom is -0.476 e. The molecule has 0 aliphatic rings. The second-order valence-electron chi connectivity index (χ2n) is 3.45. The number of carboxylic acid groups (broad SMARTS) is 1. The lowest BCUT2D eigenvalue weighted by molar-refractivity contribution is 0.0691. The Labute approximate surface area is 106 Å². The molecule has 0 saturated carbocycles. The second kappa shape index (κ2) is 4.70. The predicted molar refractivity (Wildman–Crippen MR) is 61.6 cm³/mol. The summed E-state index contributed by atoms with van der Waals surface area (Å²) in [4.78, 5) is 14.7. The highest BCUT2D eigenvalue weighted by Gasteiger charge is 2.17. The quantitative estimate of drug-likeness (QED) is 0.850. The van der Waals surface area contributed by atoms with Gasteiger partial charge < -0.3 is 5.11 Å². The van der Waals surface area contributed by atoms with Crippen molar-refractivity contribution in [2.45, 2.75) is 0 Å². The molecule has 0 aliphatic carbocycles. The fourth-order valence-electron chi connectivity index (χ4n) is 1.52. The van der Waals surface area contributed by atoms with Crippen molar-refractivity contribution >= 4 is 17.6 Å². The third-order valence-corrected chi connectivity index (χ3v) is 2.62. The number of pyridine rings is 1. The molecule has 1 aromatic carbocycles. The monoisotopic (exact) mass is 269 g/mol. The summed E-state index contributed by atoms with van der Waals surface area (Å²) in [6.45, 7) is 0. The number of aromatic nitrogens is 1. The van der Waals surface area contributed by atoms with Gasteiger partial charge in [-0.15, -0.1) is 0 Å². The maximum absolute atomic E-state index is 13.2. The largest absolute Gasteiger partial charge is 0.476 e. The van der Waals surface area contributed by atoms with Crippen molar-refractivity contribution in [1.82, 2.24) is 4.98 Å². The number of carbonyl (C=O) groups is 1. The first kappa shape index (κ1) is 12.4. The summed E-state index contributed by atoms with van der Waals surface area (Å²) in [5.74, 6) is -3.47. The SMILES string of the molecule is O=C(O)c1ncccc1-c1cc(F)c(F)cc1Cl. The lowest BCUT2D eigenvalue weighted by atomic mass is 10.0. The molecular formula is C12H6ClF2NO2. The van der Waals surface area contributed by atoms with Crippen LogP contribution < -0.4 is 0 Å². The second-order valence-corrected chi connectivity index (χ2v) is 3.86. The molecule has 6 heteroatoms. The Morgan fingerprint density at radius 3 is 2.56 bits per heavy atom. The van der Waals surface area contributed by atoms with Crippen molar-refractivity contribution in [3.63, 3.8) is 0 Å². The highest BCUT2D eigenvalue weighted by Crippen LogP contribution is 2.31. The Balaban J connectivity index is 2.69. The first-order valence-electron chi connectivity index (χ1n) is 4.84. The van der Waals surface area contributed by atoms with Crippen LogP contribution in [0.5, 0.6) is 0 Å². The molecule has 2 aromatic rings. The number of nitrogens with zero attached hydrogens (tertiary/aromatic N) is 1. The van der Waals surface area contributed by atoms with Gasteiger partial charge in [0.05, 0.1) is 5.02 Å². The molecule has 1 N–H and O–H groups in total. The van der Waals surface area contributed by atoms with Crippen LogP contribution in [0.25, 0.3) is 11.1 Å². The van der Waals surface area contributed by atoms with Crippen molar-refractivity contribution in [3.8, 4) is 11.1 Å². The van der Waals surface area contributed by atoms with Gasteiger partial charge in [-0.05, 0) is 18.2 Å². The van der Waals surface area contributed by atoms with E-state index in [1.54, 1.807) is 0 Å². The molecule has 0 radical (unpaired) electrons. The zero-order valence-electron chi connectivity index (χ0n) is 8.82. The van der Waals surface area contributed by atoms with Crippen LogP contribution >= 0.6 is 11.6 Å². The normalized spacial score (nSPS) is 10.4. The van der Waals surface area contributed by atoms with Gasteiger partial charge in [0.15, 0.2) is 17.3 Å². The Morgan fingerprint density at radius 1 is 1.22 bits per heavy atom. The number of hydrogen-bond acceptors (Lipinski definition) is 2. The summed E-state index contributed by atoms with van der Waals surface area (Å²) in [5.41, 5.74) is -0.0552. The van der Waals surface area contributed by atoms with Crippen LogP contribution in [-0.4, -0.2) is 16.1 Å². The summed E-state index contributed by atoms with van der Waals surface area (Å²) in [7, 11) is 0. The van der Waals surface area contributed by atoms with Crippen molar-refractivity contribution < 1.29 is 18.7 Å². The van der Waals surface area contributed by atoms with Gasteiger partial charge in [0, 0.05) is 17.3 Å². The molecule has 0 atom stereocenters. The van der Waals surface area contributed by atoms with Crippen LogP contribution in [0.15, 0.2) is 30.5 Å². The molecule has 0 unspecified atom stereocenters. The van der Waals surface area contributed by atoms with Gasteiger partial charge in [-0.2, -0.15) is 0 Å². The molecule has 0 aliphatic heterocycles. The van der Waals surface area contributed by atoms with Crippen molar-refractivity contribution in [1.29, 1.82) is 0 Å². The number of rotatable bonds is 2. The number of halogens is 3. The van der Waals surface area contributed by atoms with Gasteiger partial charge in [0.25, 0.3) is 0 Å². The van der Waals surface area contributed by atoms with Crippen LogP contribution in [-0.2, 0) is 0 Å². The van der Waals surface area contributed by atoms with Crippen molar-refractivity contribution in [2.75, 3.05) is 0 Å². The lowest BCUT2D eigenvalue weighted by Gasteiger charge is -2.07. The fourth-order valence-corrected chi connectivity index (χ4v) is 1.77. The van der Waals surface area contributed by atoms with E-state index in [0.29, 0.717) is 0 Å². The standard InChI is InChI=1S/C12H6ClF2NO2/c13-8-5-10(15)9(14)4-7(8)6-2-1-3-16-11(6)12(17)18/h1-5H,(H,17,18). The van der Waals surface area contributed by atoms with Gasteiger partial charge in [-0.1, -0.05) is 17.7 Å². The number of aromatic carboxylic acids is 1. The molecule has 1 heterocycles. The molecule has 92 valence electrons. The highest BCUT2D eigenvalue weighted by molar-refractivity contribution is 6.33. The minimum absolute atomic E-state index is 0.0793. The Hall–Kier alpha value is -2.01. The summed E-state index contributed by atoms with van der Waals surface area (Å²) < 4.78 is 26.1. The molecule has 0 bridgehead atoms. The minimum atomic E-state index is -1.27. The Morgan fingerprint density at radius 2 is 1.89 bits per heavy atom. The van der Waals surface area contributed by atoms with E-state index in [2.05, 4.69) is 4.98 Å². The molecule has 0 fully saturated rings. The van der Waals surface area contributed by atoms with Crippen molar-refractivity contribution in [2.24, 2.45) is 0 Å². The summed E-state index contributed by atoms with van der Waals surface area (Å²) in [6, 6.07) is 4.56. The summed E-state index contributed by atoms with van der Waals surface area (Å²) >= 11 is 5.79. The number of benzene rings is 1. The van der Waals surface area contributed by atoms with Gasteiger partial charge >= 0.3 is 5.97 Å². The molecule has 0 spiro atoms. The van der Waals surface area contributed by atoms with Crippen LogP contribution in [0.3, 0.4) is 0 Å². The van der Waals surface area contributed by atoms with Crippen molar-refractivity contribution in [3.05, 3.63) is 52.8 Å². The Kier molecular flexibility index (Phi) is 3.25. The smallest absolute Gasteiger partial charge is 0.355 e. The van der Waals surface area contributed by atoms with Gasteiger partial charge in [-0.25, -0.2) is 18.6 Å². The average molecular weight is 270 g/mol. The fraction of sp³-hybridized carbons (Fsp3) is 0. The topological polar surface area (TPSA) is 50.2 Å². The highest BCUT2D eigenvalue weighted by atomic mass is 35.5. The zero-order valence-corrected chi connectivity index (χ0v) is 9.58. The number of hydrogen-bond donors (Lipinski definition) is 1. The van der Waals surface area contributed by atoms with E-state index in [-0.39, 0.29) is 21.8 Å². The maximum Gasteiger partial charge on any atom is 0.355 e. The summed E-state index contributed by atoms with van der Waals surface area (Å²) in [5, 5.41) is 8.89. The van der Waals surface area contributed by atoms with Gasteiger partial charge in [0.2, 0.25) is 0 Å². The van der Waals surface area contributed by atoms with E-state index in [4.69, 9.17) is 16.7 Å². The number of carboxylic acids is 1. The Bertz CT molecular complexity index is 631. The zero-order chi connectivity index (χ0) is 13.3. The van der Waals surface area contributed by atoms with E-state index >= 15 is 0 Å². The third-order valence-electron chi connectivity index (χ3n) is 2.31. The van der Waals surface area contributed by atoms with E-state index in [1.165, 1.54) is 18.3 Å². The lowest BCUT2D eigenvalue weighted by Crippen LogP contribution is -2.03. The van der Waals surface area contributed by atoms with Crippen LogP contribution in [0.2, 0.25) is 5.02 Å². The average Bonchev–Trinajstić information content (AvgIpc) is 2.34. The van der Waals surface area contributed by atoms with Crippen LogP contribution in [0, 0.1) is 11.6 Å². The first-order valence-corrected chi connectivity index (χ1v) is 5.21. The maximum atomic E-state index is 13.2. The third kappa shape index (κ3) is 2.17.